The van der Waals surface area contributed by atoms with E-state index < -0.39 is 11.8 Å². The standard InChI is InChI=1S/C21H21N7O2S/c1-11-2-4-16(12-3-5-17-14(6-12)24-10-31-17)28(9-11)21(30)20(29)26-15-8-23-19(22)18-13(15)7-25-27-18/h3,5-8,10-11,16H,2,4,9H2,1H3,(H2,22,23)(H,25,27)(H,26,29)/t11-,16+/m0/s1. The summed E-state index contributed by atoms with van der Waals surface area (Å²) in [6.45, 7) is 2.62. The average molecular weight is 436 g/mol. The maximum Gasteiger partial charge on any atom is 0.313 e. The predicted molar refractivity (Wildman–Crippen MR) is 119 cm³/mol. The topological polar surface area (TPSA) is 130 Å². The van der Waals surface area contributed by atoms with Crippen molar-refractivity contribution >= 4 is 55.8 Å². The molecule has 2 amide bonds. The Bertz CT molecular complexity index is 1300. The van der Waals surface area contributed by atoms with Gasteiger partial charge in [-0.2, -0.15) is 5.10 Å². The predicted octanol–water partition coefficient (Wildman–Crippen LogP) is 3.09. The van der Waals surface area contributed by atoms with E-state index in [0.29, 0.717) is 29.1 Å². The quantitative estimate of drug-likeness (QED) is 0.415. The molecule has 0 unspecified atom stereocenters. The summed E-state index contributed by atoms with van der Waals surface area (Å²) in [7, 11) is 0. The Kier molecular flexibility index (Phi) is 4.78. The largest absolute Gasteiger partial charge is 0.382 e. The van der Waals surface area contributed by atoms with Gasteiger partial charge < -0.3 is 16.0 Å². The van der Waals surface area contributed by atoms with Gasteiger partial charge in [0.2, 0.25) is 0 Å². The highest BCUT2D eigenvalue weighted by molar-refractivity contribution is 7.16. The number of amides is 2. The minimum absolute atomic E-state index is 0.168. The number of carbonyl (C=O) groups excluding carboxylic acids is 2. The number of pyridine rings is 1. The van der Waals surface area contributed by atoms with Crippen LogP contribution in [0.2, 0.25) is 0 Å². The Morgan fingerprint density at radius 3 is 3.00 bits per heavy atom. The SMILES string of the molecule is C[C@H]1CC[C@H](c2ccc3scnc3c2)N(C(=O)C(=O)Nc2cnc(N)c3[nH]ncc23)C1. The molecule has 0 bridgehead atoms. The van der Waals surface area contributed by atoms with Crippen LogP contribution in [0.3, 0.4) is 0 Å². The number of H-pyrrole nitrogens is 1. The number of rotatable bonds is 2. The van der Waals surface area contributed by atoms with Crippen LogP contribution in [0.1, 0.15) is 31.4 Å². The molecule has 3 aromatic heterocycles. The Balaban J connectivity index is 1.42. The zero-order valence-electron chi connectivity index (χ0n) is 16.8. The fourth-order valence-electron chi connectivity index (χ4n) is 4.17. The van der Waals surface area contributed by atoms with Crippen LogP contribution >= 0.6 is 11.3 Å². The molecule has 0 saturated carbocycles. The van der Waals surface area contributed by atoms with Crippen molar-refractivity contribution in [1.29, 1.82) is 0 Å². The van der Waals surface area contributed by atoms with Crippen molar-refractivity contribution in [3.05, 3.63) is 41.7 Å². The van der Waals surface area contributed by atoms with E-state index in [-0.39, 0.29) is 11.9 Å². The highest BCUT2D eigenvalue weighted by atomic mass is 32.1. The van der Waals surface area contributed by atoms with Crippen molar-refractivity contribution in [3.63, 3.8) is 0 Å². The third-order valence-corrected chi connectivity index (χ3v) is 6.59. The van der Waals surface area contributed by atoms with Gasteiger partial charge in [0.15, 0.2) is 0 Å². The molecule has 10 heteroatoms. The Hall–Kier alpha value is -3.53. The second-order valence-electron chi connectivity index (χ2n) is 7.91. The first-order valence-corrected chi connectivity index (χ1v) is 10.9. The zero-order chi connectivity index (χ0) is 21.5. The Morgan fingerprint density at radius 1 is 1.26 bits per heavy atom. The lowest BCUT2D eigenvalue weighted by molar-refractivity contribution is -0.146. The lowest BCUT2D eigenvalue weighted by Crippen LogP contribution is -2.46. The second-order valence-corrected chi connectivity index (χ2v) is 8.79. The number of nitrogens with one attached hydrogen (secondary N) is 2. The number of aromatic nitrogens is 4. The minimum Gasteiger partial charge on any atom is -0.382 e. The van der Waals surface area contributed by atoms with Gasteiger partial charge >= 0.3 is 11.8 Å². The molecule has 1 aliphatic rings. The van der Waals surface area contributed by atoms with Crippen molar-refractivity contribution < 1.29 is 9.59 Å². The van der Waals surface area contributed by atoms with Gasteiger partial charge in [-0.3, -0.25) is 14.7 Å². The molecule has 158 valence electrons. The number of nitrogen functional groups attached to an aromatic ring is 1. The first-order valence-electron chi connectivity index (χ1n) is 10.0. The lowest BCUT2D eigenvalue weighted by atomic mass is 9.89. The first-order chi connectivity index (χ1) is 15.0. The monoisotopic (exact) mass is 435 g/mol. The van der Waals surface area contributed by atoms with Gasteiger partial charge in [0.25, 0.3) is 0 Å². The summed E-state index contributed by atoms with van der Waals surface area (Å²) in [5, 5.41) is 9.99. The maximum atomic E-state index is 13.2. The molecule has 1 aliphatic heterocycles. The number of likely N-dealkylation sites (tertiary alicyclic amines) is 1. The van der Waals surface area contributed by atoms with Crippen LogP contribution in [-0.4, -0.2) is 43.4 Å². The molecule has 4 heterocycles. The number of nitrogens with two attached hydrogens (primary N) is 1. The van der Waals surface area contributed by atoms with Gasteiger partial charge in [-0.1, -0.05) is 13.0 Å². The van der Waals surface area contributed by atoms with E-state index >= 15 is 0 Å². The number of carbonyl (C=O) groups is 2. The molecule has 4 aromatic rings. The summed E-state index contributed by atoms with van der Waals surface area (Å²) < 4.78 is 1.10. The number of piperidine rings is 1. The van der Waals surface area contributed by atoms with Crippen LogP contribution in [-0.2, 0) is 9.59 Å². The Labute approximate surface area is 181 Å². The number of aromatic amines is 1. The summed E-state index contributed by atoms with van der Waals surface area (Å²) in [6.07, 6.45) is 4.76. The van der Waals surface area contributed by atoms with Gasteiger partial charge in [-0.15, -0.1) is 11.3 Å². The van der Waals surface area contributed by atoms with E-state index in [1.807, 2.05) is 23.7 Å². The number of benzene rings is 1. The lowest BCUT2D eigenvalue weighted by Gasteiger charge is -2.38. The second kappa shape index (κ2) is 7.62. The highest BCUT2D eigenvalue weighted by Crippen LogP contribution is 2.35. The number of hydrogen-bond donors (Lipinski definition) is 3. The first kappa shape index (κ1) is 19.4. The van der Waals surface area contributed by atoms with E-state index in [2.05, 4.69) is 32.4 Å². The molecular formula is C21H21N7O2S. The maximum absolute atomic E-state index is 13.2. The number of thiazole rings is 1. The molecule has 4 N–H and O–H groups in total. The zero-order valence-corrected chi connectivity index (χ0v) is 17.6. The summed E-state index contributed by atoms with van der Waals surface area (Å²) >= 11 is 1.58. The number of nitrogens with zero attached hydrogens (tertiary/aromatic N) is 4. The van der Waals surface area contributed by atoms with Gasteiger partial charge in [-0.25, -0.2) is 9.97 Å². The van der Waals surface area contributed by atoms with E-state index in [9.17, 15) is 9.59 Å². The molecular weight excluding hydrogens is 414 g/mol. The molecule has 5 rings (SSSR count). The van der Waals surface area contributed by atoms with Crippen molar-refractivity contribution in [2.45, 2.75) is 25.8 Å². The molecule has 31 heavy (non-hydrogen) atoms. The van der Waals surface area contributed by atoms with Gasteiger partial charge in [-0.05, 0) is 36.5 Å². The number of anilines is 2. The normalized spacial score (nSPS) is 19.1. The van der Waals surface area contributed by atoms with E-state index in [0.717, 1.165) is 28.6 Å². The van der Waals surface area contributed by atoms with E-state index in [1.54, 1.807) is 22.4 Å². The minimum atomic E-state index is -0.706. The molecule has 1 aromatic carbocycles. The molecule has 1 saturated heterocycles. The fourth-order valence-corrected chi connectivity index (χ4v) is 4.82. The number of fused-ring (bicyclic) bond motifs is 2. The third kappa shape index (κ3) is 3.48. The molecule has 2 atom stereocenters. The van der Waals surface area contributed by atoms with Crippen molar-refractivity contribution in [3.8, 4) is 0 Å². The van der Waals surface area contributed by atoms with Crippen molar-refractivity contribution in [1.82, 2.24) is 25.1 Å². The van der Waals surface area contributed by atoms with Crippen LogP contribution in [0, 0.1) is 5.92 Å². The van der Waals surface area contributed by atoms with Crippen LogP contribution in [0.25, 0.3) is 21.1 Å². The number of hydrogen-bond acceptors (Lipinski definition) is 7. The van der Waals surface area contributed by atoms with Crippen LogP contribution in [0.5, 0.6) is 0 Å². The van der Waals surface area contributed by atoms with Crippen LogP contribution < -0.4 is 11.1 Å². The van der Waals surface area contributed by atoms with Crippen LogP contribution in [0.4, 0.5) is 11.5 Å². The van der Waals surface area contributed by atoms with E-state index in [4.69, 9.17) is 5.73 Å². The fraction of sp³-hybridized carbons (Fsp3) is 0.286. The van der Waals surface area contributed by atoms with Crippen LogP contribution in [0.15, 0.2) is 36.1 Å². The Morgan fingerprint density at radius 2 is 2.13 bits per heavy atom. The highest BCUT2D eigenvalue weighted by Gasteiger charge is 2.34. The van der Waals surface area contributed by atoms with Crippen molar-refractivity contribution in [2.24, 2.45) is 5.92 Å². The molecule has 0 spiro atoms. The summed E-state index contributed by atoms with van der Waals surface area (Å²) in [5.41, 5.74) is 10.5. The molecule has 0 radical (unpaired) electrons. The summed E-state index contributed by atoms with van der Waals surface area (Å²) in [5.74, 6) is -0.680. The smallest absolute Gasteiger partial charge is 0.313 e. The van der Waals surface area contributed by atoms with Gasteiger partial charge in [0, 0.05) is 11.9 Å². The van der Waals surface area contributed by atoms with Crippen molar-refractivity contribution in [2.75, 3.05) is 17.6 Å². The van der Waals surface area contributed by atoms with Gasteiger partial charge in [0.1, 0.15) is 11.3 Å². The summed E-state index contributed by atoms with van der Waals surface area (Å²) in [6, 6.07) is 5.90. The van der Waals surface area contributed by atoms with Gasteiger partial charge in [0.05, 0.1) is 39.9 Å². The molecule has 0 aliphatic carbocycles. The van der Waals surface area contributed by atoms with E-state index in [1.165, 1.54) is 6.20 Å². The molecule has 1 fully saturated rings. The molecule has 9 nitrogen and oxygen atoms in total. The average Bonchev–Trinajstić information content (AvgIpc) is 3.44. The summed E-state index contributed by atoms with van der Waals surface area (Å²) in [4.78, 5) is 36.3. The third-order valence-electron chi connectivity index (χ3n) is 5.78.